The Hall–Kier alpha value is -0.610. The zero-order valence-corrected chi connectivity index (χ0v) is 4.96. The summed E-state index contributed by atoms with van der Waals surface area (Å²) in [6, 6.07) is 0. The molecule has 1 atom stereocenters. The predicted molar refractivity (Wildman–Crippen MR) is 27.4 cm³/mol. The lowest BCUT2D eigenvalue weighted by Gasteiger charge is -1.98. The first kappa shape index (κ1) is 6.51. The van der Waals surface area contributed by atoms with Crippen molar-refractivity contribution in [2.45, 2.75) is 13.0 Å². The van der Waals surface area contributed by atoms with Crippen molar-refractivity contribution in [3.63, 3.8) is 0 Å². The predicted octanol–water partition coefficient (Wildman–Crippen LogP) is -0.00421. The number of hydrogen-bond acceptors (Lipinski definition) is 3. The highest BCUT2D eigenvalue weighted by atomic mass is 16.7. The maximum atomic E-state index is 10.1. The molecule has 0 aromatic heterocycles. The van der Waals surface area contributed by atoms with Crippen molar-refractivity contribution in [2.24, 2.45) is 0 Å². The summed E-state index contributed by atoms with van der Waals surface area (Å²) < 4.78 is 9.46. The maximum absolute atomic E-state index is 10.1. The molecule has 0 bridgehead atoms. The van der Waals surface area contributed by atoms with Gasteiger partial charge in [-0.3, -0.25) is 0 Å². The second-order valence-electron chi connectivity index (χ2n) is 1.75. The smallest absolute Gasteiger partial charge is 0.335 e. The van der Waals surface area contributed by atoms with Crippen LogP contribution in [0.15, 0.2) is 0 Å². The fourth-order valence-corrected chi connectivity index (χ4v) is 0.583. The Balaban J connectivity index is 2.39. The molecule has 0 spiro atoms. The molecule has 0 amide bonds. The van der Waals surface area contributed by atoms with Gasteiger partial charge in [0.15, 0.2) is 6.10 Å². The molecule has 0 aromatic carbocycles. The molecular formula is C5H7O4. The van der Waals surface area contributed by atoms with E-state index < -0.39 is 12.1 Å². The number of carboxylic acids is 1. The second-order valence-corrected chi connectivity index (χ2v) is 1.75. The Labute approximate surface area is 52.4 Å². The monoisotopic (exact) mass is 131 g/mol. The zero-order valence-electron chi connectivity index (χ0n) is 4.96. The Kier molecular flexibility index (Phi) is 1.68. The van der Waals surface area contributed by atoms with Gasteiger partial charge in [-0.15, -0.1) is 0 Å². The molecule has 1 fully saturated rings. The van der Waals surface area contributed by atoms with Gasteiger partial charge in [0.05, 0.1) is 6.61 Å². The number of hydrogen-bond donors (Lipinski definition) is 1. The summed E-state index contributed by atoms with van der Waals surface area (Å²) in [5, 5.41) is 8.31. The van der Waals surface area contributed by atoms with Crippen LogP contribution in [0.5, 0.6) is 0 Å². The standard InChI is InChI=1S/C5H7O4/c1-3-8-2-4(9-3)5(6)7/h4H,2H2,1H3,(H,6,7). The first-order valence-corrected chi connectivity index (χ1v) is 2.56. The molecule has 0 aliphatic carbocycles. The molecule has 4 nitrogen and oxygen atoms in total. The second kappa shape index (κ2) is 2.33. The molecule has 0 aromatic rings. The first-order valence-electron chi connectivity index (χ1n) is 2.56. The third-order valence-corrected chi connectivity index (χ3v) is 1.02. The fourth-order valence-electron chi connectivity index (χ4n) is 0.583. The van der Waals surface area contributed by atoms with E-state index in [9.17, 15) is 4.79 Å². The molecule has 1 unspecified atom stereocenters. The number of aliphatic carboxylic acids is 1. The van der Waals surface area contributed by atoms with Gasteiger partial charge in [0.1, 0.15) is 0 Å². The molecule has 1 N–H and O–H groups in total. The van der Waals surface area contributed by atoms with E-state index in [0.717, 1.165) is 0 Å². The summed E-state index contributed by atoms with van der Waals surface area (Å²) in [5.41, 5.74) is 0. The van der Waals surface area contributed by atoms with E-state index in [1.54, 1.807) is 6.92 Å². The summed E-state index contributed by atoms with van der Waals surface area (Å²) in [6.45, 7) is 1.71. The minimum absolute atomic E-state index is 0.126. The zero-order chi connectivity index (χ0) is 6.85. The minimum Gasteiger partial charge on any atom is -0.479 e. The van der Waals surface area contributed by atoms with Crippen LogP contribution in [0, 0.1) is 6.29 Å². The summed E-state index contributed by atoms with van der Waals surface area (Å²) in [5.74, 6) is -0.980. The average Bonchev–Trinajstić information content (AvgIpc) is 2.14. The molecule has 1 heterocycles. The van der Waals surface area contributed by atoms with Gasteiger partial charge in [0.2, 0.25) is 6.29 Å². The van der Waals surface area contributed by atoms with Crippen LogP contribution in [-0.2, 0) is 14.3 Å². The SMILES string of the molecule is C[C]1OCC(C(=O)O)O1. The molecule has 1 rings (SSSR count). The van der Waals surface area contributed by atoms with Crippen LogP contribution in [0.4, 0.5) is 0 Å². The van der Waals surface area contributed by atoms with E-state index in [4.69, 9.17) is 14.6 Å². The molecule has 9 heavy (non-hydrogen) atoms. The third-order valence-electron chi connectivity index (χ3n) is 1.02. The van der Waals surface area contributed by atoms with Gasteiger partial charge in [-0.1, -0.05) is 0 Å². The average molecular weight is 131 g/mol. The molecule has 0 saturated carbocycles. The summed E-state index contributed by atoms with van der Waals surface area (Å²) in [6.07, 6.45) is -0.465. The van der Waals surface area contributed by atoms with Crippen LogP contribution < -0.4 is 0 Å². The molecule has 1 aliphatic rings. The van der Waals surface area contributed by atoms with E-state index in [-0.39, 0.29) is 6.61 Å². The van der Waals surface area contributed by atoms with Crippen LogP contribution in [0.25, 0.3) is 0 Å². The van der Waals surface area contributed by atoms with E-state index in [1.807, 2.05) is 0 Å². The van der Waals surface area contributed by atoms with Gasteiger partial charge in [-0.25, -0.2) is 4.79 Å². The Morgan fingerprint density at radius 1 is 1.89 bits per heavy atom. The lowest BCUT2D eigenvalue weighted by Crippen LogP contribution is -2.21. The first-order chi connectivity index (χ1) is 4.20. The normalized spacial score (nSPS) is 28.8. The molecular weight excluding hydrogens is 124 g/mol. The maximum Gasteiger partial charge on any atom is 0.335 e. The Morgan fingerprint density at radius 2 is 2.56 bits per heavy atom. The number of carbonyl (C=O) groups is 1. The molecule has 51 valence electrons. The van der Waals surface area contributed by atoms with Crippen molar-refractivity contribution in [3.8, 4) is 0 Å². The summed E-state index contributed by atoms with van der Waals surface area (Å²) in [4.78, 5) is 10.1. The summed E-state index contributed by atoms with van der Waals surface area (Å²) >= 11 is 0. The van der Waals surface area contributed by atoms with Crippen LogP contribution in [0.1, 0.15) is 6.92 Å². The highest BCUT2D eigenvalue weighted by Crippen LogP contribution is 2.16. The highest BCUT2D eigenvalue weighted by Gasteiger charge is 2.29. The Morgan fingerprint density at radius 3 is 2.78 bits per heavy atom. The van der Waals surface area contributed by atoms with Crippen LogP contribution in [-0.4, -0.2) is 23.8 Å². The number of ether oxygens (including phenoxy) is 2. The van der Waals surface area contributed by atoms with Gasteiger partial charge in [0.25, 0.3) is 0 Å². The van der Waals surface area contributed by atoms with Gasteiger partial charge < -0.3 is 14.6 Å². The largest absolute Gasteiger partial charge is 0.479 e. The number of carboxylic acid groups (broad SMARTS) is 1. The van der Waals surface area contributed by atoms with Crippen LogP contribution in [0.3, 0.4) is 0 Å². The highest BCUT2D eigenvalue weighted by molar-refractivity contribution is 5.72. The van der Waals surface area contributed by atoms with Crippen molar-refractivity contribution < 1.29 is 19.4 Å². The van der Waals surface area contributed by atoms with Crippen LogP contribution >= 0.6 is 0 Å². The topological polar surface area (TPSA) is 55.8 Å². The van der Waals surface area contributed by atoms with E-state index in [0.29, 0.717) is 6.29 Å². The van der Waals surface area contributed by atoms with Gasteiger partial charge >= 0.3 is 5.97 Å². The Bertz CT molecular complexity index is 122. The van der Waals surface area contributed by atoms with E-state index in [1.165, 1.54) is 0 Å². The molecule has 1 saturated heterocycles. The minimum atomic E-state index is -0.980. The van der Waals surface area contributed by atoms with Crippen molar-refractivity contribution in [1.82, 2.24) is 0 Å². The third kappa shape index (κ3) is 1.40. The summed E-state index contributed by atoms with van der Waals surface area (Å²) in [7, 11) is 0. The fraction of sp³-hybridized carbons (Fsp3) is 0.600. The molecule has 1 aliphatic heterocycles. The van der Waals surface area contributed by atoms with Gasteiger partial charge in [-0.2, -0.15) is 0 Å². The van der Waals surface area contributed by atoms with Crippen molar-refractivity contribution >= 4 is 5.97 Å². The van der Waals surface area contributed by atoms with E-state index >= 15 is 0 Å². The quantitative estimate of drug-likeness (QED) is 0.544. The van der Waals surface area contributed by atoms with Gasteiger partial charge in [0, 0.05) is 0 Å². The van der Waals surface area contributed by atoms with Crippen molar-refractivity contribution in [3.05, 3.63) is 6.29 Å². The molecule has 4 heteroatoms. The van der Waals surface area contributed by atoms with Crippen molar-refractivity contribution in [1.29, 1.82) is 0 Å². The van der Waals surface area contributed by atoms with Crippen molar-refractivity contribution in [2.75, 3.05) is 6.61 Å². The lowest BCUT2D eigenvalue weighted by molar-refractivity contribution is -0.146. The van der Waals surface area contributed by atoms with E-state index in [2.05, 4.69) is 0 Å². The van der Waals surface area contributed by atoms with Crippen LogP contribution in [0.2, 0.25) is 0 Å². The van der Waals surface area contributed by atoms with Gasteiger partial charge in [-0.05, 0) is 6.92 Å². The lowest BCUT2D eigenvalue weighted by atomic mass is 10.4. The molecule has 1 radical (unpaired) electrons. The number of rotatable bonds is 1.